The number of carbonyl (C=O) groups is 2. The topological polar surface area (TPSA) is 74.3 Å². The lowest BCUT2D eigenvalue weighted by atomic mass is 9.95. The highest BCUT2D eigenvalue weighted by atomic mass is 16.2. The Labute approximate surface area is 154 Å². The molecule has 6 nitrogen and oxygen atoms in total. The molecule has 0 spiro atoms. The van der Waals surface area contributed by atoms with Crippen LogP contribution in [0.2, 0.25) is 0 Å². The van der Waals surface area contributed by atoms with Crippen molar-refractivity contribution in [1.29, 1.82) is 0 Å². The predicted octanol–water partition coefficient (Wildman–Crippen LogP) is 2.59. The van der Waals surface area contributed by atoms with E-state index in [-0.39, 0.29) is 30.1 Å². The molecule has 2 N–H and O–H groups in total. The molecule has 4 rings (SSSR count). The molecule has 1 aliphatic heterocycles. The monoisotopic (exact) mass is 356 g/mol. The van der Waals surface area contributed by atoms with Crippen molar-refractivity contribution in [2.45, 2.75) is 76.0 Å². The summed E-state index contributed by atoms with van der Waals surface area (Å²) in [6.45, 7) is 0.408. The molecule has 1 aromatic rings. The molecular weight excluding hydrogens is 328 g/mol. The highest BCUT2D eigenvalue weighted by Gasteiger charge is 2.51. The van der Waals surface area contributed by atoms with E-state index in [1.54, 1.807) is 6.20 Å². The number of rotatable bonds is 4. The zero-order valence-corrected chi connectivity index (χ0v) is 15.2. The molecule has 0 radical (unpaired) electrons. The molecule has 2 bridgehead atoms. The minimum absolute atomic E-state index is 0.0397. The third-order valence-electron chi connectivity index (χ3n) is 6.19. The van der Waals surface area contributed by atoms with Crippen molar-refractivity contribution in [2.75, 3.05) is 0 Å². The molecule has 26 heavy (non-hydrogen) atoms. The largest absolute Gasteiger partial charge is 0.349 e. The number of aromatic nitrogens is 1. The van der Waals surface area contributed by atoms with E-state index in [1.165, 1.54) is 19.3 Å². The van der Waals surface area contributed by atoms with Crippen molar-refractivity contribution in [2.24, 2.45) is 5.92 Å². The van der Waals surface area contributed by atoms with Gasteiger partial charge >= 0.3 is 6.03 Å². The van der Waals surface area contributed by atoms with Crippen molar-refractivity contribution in [3.63, 3.8) is 0 Å². The van der Waals surface area contributed by atoms with Crippen LogP contribution >= 0.6 is 0 Å². The van der Waals surface area contributed by atoms with Crippen LogP contribution in [-0.2, 0) is 11.3 Å². The quantitative estimate of drug-likeness (QED) is 0.871. The molecule has 0 aromatic carbocycles. The van der Waals surface area contributed by atoms with Gasteiger partial charge in [-0.25, -0.2) is 4.79 Å². The Kier molecular flexibility index (Phi) is 5.09. The van der Waals surface area contributed by atoms with Crippen LogP contribution in [0.15, 0.2) is 24.4 Å². The Hall–Kier alpha value is -2.11. The minimum atomic E-state index is -0.332. The lowest BCUT2D eigenvalue weighted by molar-refractivity contribution is -0.127. The zero-order chi connectivity index (χ0) is 17.9. The van der Waals surface area contributed by atoms with Crippen LogP contribution in [0.1, 0.15) is 57.1 Å². The van der Waals surface area contributed by atoms with Gasteiger partial charge in [-0.1, -0.05) is 25.3 Å². The molecule has 3 aliphatic rings. The molecule has 3 unspecified atom stereocenters. The van der Waals surface area contributed by atoms with E-state index in [2.05, 4.69) is 15.6 Å². The Bertz CT molecular complexity index is 644. The predicted molar refractivity (Wildman–Crippen MR) is 98.2 cm³/mol. The number of hydrogen-bond acceptors (Lipinski definition) is 3. The summed E-state index contributed by atoms with van der Waals surface area (Å²) in [5, 5.41) is 6.19. The fraction of sp³-hybridized carbons (Fsp3) is 0.650. The molecule has 1 saturated heterocycles. The van der Waals surface area contributed by atoms with E-state index >= 15 is 0 Å². The number of piperidine rings is 1. The summed E-state index contributed by atoms with van der Waals surface area (Å²) in [4.78, 5) is 31.9. The van der Waals surface area contributed by atoms with E-state index in [1.807, 2.05) is 23.1 Å². The number of carbonyl (C=O) groups excluding carboxylic acids is 2. The zero-order valence-electron chi connectivity index (χ0n) is 15.2. The third kappa shape index (κ3) is 3.55. The van der Waals surface area contributed by atoms with Crippen LogP contribution in [0.3, 0.4) is 0 Å². The first-order valence-electron chi connectivity index (χ1n) is 9.99. The van der Waals surface area contributed by atoms with Gasteiger partial charge in [0.15, 0.2) is 0 Å². The molecule has 3 fully saturated rings. The second kappa shape index (κ2) is 7.64. The molecule has 2 saturated carbocycles. The van der Waals surface area contributed by atoms with Crippen molar-refractivity contribution < 1.29 is 9.59 Å². The molecule has 140 valence electrons. The number of hydrogen-bond donors (Lipinski definition) is 2. The first kappa shape index (κ1) is 17.3. The van der Waals surface area contributed by atoms with Crippen LogP contribution in [0.25, 0.3) is 0 Å². The number of nitrogens with one attached hydrogen (secondary N) is 2. The van der Waals surface area contributed by atoms with Gasteiger partial charge in [0.1, 0.15) is 6.04 Å². The molecule has 1 aromatic heterocycles. The normalized spacial score (nSPS) is 28.2. The van der Waals surface area contributed by atoms with E-state index in [0.29, 0.717) is 12.5 Å². The second-order valence-corrected chi connectivity index (χ2v) is 7.90. The summed E-state index contributed by atoms with van der Waals surface area (Å²) in [5.41, 5.74) is 0.835. The Morgan fingerprint density at radius 2 is 1.96 bits per heavy atom. The van der Waals surface area contributed by atoms with Gasteiger partial charge in [-0.3, -0.25) is 9.78 Å². The van der Waals surface area contributed by atoms with Gasteiger partial charge in [-0.2, -0.15) is 0 Å². The summed E-state index contributed by atoms with van der Waals surface area (Å²) in [6.07, 6.45) is 10.5. The first-order chi connectivity index (χ1) is 12.7. The first-order valence-corrected chi connectivity index (χ1v) is 9.99. The van der Waals surface area contributed by atoms with Crippen LogP contribution < -0.4 is 10.6 Å². The smallest absolute Gasteiger partial charge is 0.318 e. The van der Waals surface area contributed by atoms with E-state index in [9.17, 15) is 9.59 Å². The van der Waals surface area contributed by atoms with Crippen molar-refractivity contribution in [1.82, 2.24) is 20.5 Å². The number of nitrogens with zero attached hydrogens (tertiary/aromatic N) is 2. The summed E-state index contributed by atoms with van der Waals surface area (Å²) < 4.78 is 0. The maximum Gasteiger partial charge on any atom is 0.318 e. The summed E-state index contributed by atoms with van der Waals surface area (Å²) in [5.74, 6) is 0.252. The van der Waals surface area contributed by atoms with Crippen LogP contribution in [0, 0.1) is 5.92 Å². The van der Waals surface area contributed by atoms with Crippen molar-refractivity contribution in [3.05, 3.63) is 30.1 Å². The lowest BCUT2D eigenvalue weighted by Crippen LogP contribution is -2.57. The number of pyridine rings is 1. The maximum atomic E-state index is 12.9. The van der Waals surface area contributed by atoms with Crippen LogP contribution in [0.4, 0.5) is 4.79 Å². The van der Waals surface area contributed by atoms with Crippen molar-refractivity contribution in [3.8, 4) is 0 Å². The number of fused-ring (bicyclic) bond motifs is 2. The molecule has 2 aliphatic carbocycles. The van der Waals surface area contributed by atoms with Gasteiger partial charge in [0.25, 0.3) is 0 Å². The van der Waals surface area contributed by atoms with Crippen LogP contribution in [0.5, 0.6) is 0 Å². The fourth-order valence-corrected chi connectivity index (χ4v) is 4.90. The van der Waals surface area contributed by atoms with Gasteiger partial charge in [-0.05, 0) is 50.2 Å². The second-order valence-electron chi connectivity index (χ2n) is 7.90. The number of amides is 3. The molecule has 3 atom stereocenters. The average Bonchev–Trinajstić information content (AvgIpc) is 3.29. The van der Waals surface area contributed by atoms with E-state index in [0.717, 1.165) is 37.8 Å². The van der Waals surface area contributed by atoms with E-state index in [4.69, 9.17) is 0 Å². The SMILES string of the molecule is O=C(NCc1ccccn1)C1C2CCC(C2)N1C(=O)NC1CCCCC1. The summed E-state index contributed by atoms with van der Waals surface area (Å²) in [7, 11) is 0. The number of likely N-dealkylation sites (tertiary alicyclic amines) is 1. The minimum Gasteiger partial charge on any atom is -0.349 e. The summed E-state index contributed by atoms with van der Waals surface area (Å²) >= 11 is 0. The van der Waals surface area contributed by atoms with Gasteiger partial charge < -0.3 is 15.5 Å². The van der Waals surface area contributed by atoms with Gasteiger partial charge in [0.2, 0.25) is 5.91 Å². The molecule has 2 heterocycles. The fourth-order valence-electron chi connectivity index (χ4n) is 4.90. The Morgan fingerprint density at radius 1 is 1.12 bits per heavy atom. The highest BCUT2D eigenvalue weighted by molar-refractivity contribution is 5.88. The third-order valence-corrected chi connectivity index (χ3v) is 6.19. The van der Waals surface area contributed by atoms with Gasteiger partial charge in [-0.15, -0.1) is 0 Å². The lowest BCUT2D eigenvalue weighted by Gasteiger charge is -2.36. The maximum absolute atomic E-state index is 12.9. The Morgan fingerprint density at radius 3 is 2.73 bits per heavy atom. The van der Waals surface area contributed by atoms with Crippen LogP contribution in [-0.4, -0.2) is 39.9 Å². The van der Waals surface area contributed by atoms with Crippen molar-refractivity contribution >= 4 is 11.9 Å². The van der Waals surface area contributed by atoms with Gasteiger partial charge in [0, 0.05) is 18.3 Å². The highest BCUT2D eigenvalue weighted by Crippen LogP contribution is 2.42. The number of urea groups is 1. The Balaban J connectivity index is 1.39. The molecule has 3 amide bonds. The summed E-state index contributed by atoms with van der Waals surface area (Å²) in [6, 6.07) is 5.79. The average molecular weight is 356 g/mol. The molecular formula is C20H28N4O2. The van der Waals surface area contributed by atoms with Gasteiger partial charge in [0.05, 0.1) is 12.2 Å². The standard InChI is InChI=1S/C20H28N4O2/c25-19(22-13-16-8-4-5-11-21-16)18-14-9-10-17(12-14)24(18)20(26)23-15-6-2-1-3-7-15/h4-5,8,11,14-15,17-18H,1-3,6-7,9-10,12-13H2,(H,22,25)(H,23,26). The molecule has 6 heteroatoms. The van der Waals surface area contributed by atoms with E-state index < -0.39 is 0 Å².